The van der Waals surface area contributed by atoms with Gasteiger partial charge in [0.15, 0.2) is 17.1 Å². The van der Waals surface area contributed by atoms with E-state index in [4.69, 9.17) is 14.6 Å². The molecule has 0 atom stereocenters. The average molecular weight is 453 g/mol. The molecule has 8 nitrogen and oxygen atoms in total. The first-order chi connectivity index (χ1) is 15.4. The van der Waals surface area contributed by atoms with Crippen molar-refractivity contribution in [2.75, 3.05) is 20.8 Å². The number of rotatable bonds is 7. The highest BCUT2D eigenvalue weighted by atomic mass is 32.2. The van der Waals surface area contributed by atoms with E-state index in [2.05, 4.69) is 9.71 Å². The van der Waals surface area contributed by atoms with Gasteiger partial charge in [-0.05, 0) is 63.4 Å². The summed E-state index contributed by atoms with van der Waals surface area (Å²) in [6.07, 6.45) is 0. The quantitative estimate of drug-likeness (QED) is 0.460. The van der Waals surface area contributed by atoms with E-state index in [1.165, 1.54) is 7.05 Å². The fraction of sp³-hybridized carbons (Fsp3) is 0.217. The first-order valence-electron chi connectivity index (χ1n) is 10.1. The van der Waals surface area contributed by atoms with Gasteiger partial charge < -0.3 is 9.47 Å². The summed E-state index contributed by atoms with van der Waals surface area (Å²) in [7, 11) is -0.511. The number of methoxy groups -OCH3 is 1. The minimum Gasteiger partial charge on any atom is -0.493 e. The van der Waals surface area contributed by atoms with E-state index in [1.54, 1.807) is 35.9 Å². The smallest absolute Gasteiger partial charge is 0.240 e. The number of hydrogen-bond acceptors (Lipinski definition) is 6. The SMILES string of the molecule is CCOc1ccc(-c2ccc3nc(C)c(-c4ccc(S(=O)(=O)NC)cc4)n3n2)cc1OC. The molecule has 0 radical (unpaired) electrons. The van der Waals surface area contributed by atoms with Gasteiger partial charge in [0.1, 0.15) is 0 Å². The highest BCUT2D eigenvalue weighted by Gasteiger charge is 2.16. The van der Waals surface area contributed by atoms with Crippen LogP contribution in [0, 0.1) is 6.92 Å². The van der Waals surface area contributed by atoms with Crippen LogP contribution < -0.4 is 14.2 Å². The van der Waals surface area contributed by atoms with E-state index in [0.29, 0.717) is 23.8 Å². The average Bonchev–Trinajstić information content (AvgIpc) is 3.14. The lowest BCUT2D eigenvalue weighted by Gasteiger charge is -2.11. The maximum absolute atomic E-state index is 12.0. The van der Waals surface area contributed by atoms with Crippen molar-refractivity contribution in [1.29, 1.82) is 0 Å². The Hall–Kier alpha value is -3.43. The molecule has 2 heterocycles. The van der Waals surface area contributed by atoms with Crippen LogP contribution in [0.3, 0.4) is 0 Å². The monoisotopic (exact) mass is 452 g/mol. The Bertz CT molecular complexity index is 1380. The van der Waals surface area contributed by atoms with Crippen LogP contribution in [0.25, 0.3) is 28.2 Å². The first kappa shape index (κ1) is 21.8. The van der Waals surface area contributed by atoms with Gasteiger partial charge in [-0.25, -0.2) is 22.6 Å². The summed E-state index contributed by atoms with van der Waals surface area (Å²) in [4.78, 5) is 4.81. The summed E-state index contributed by atoms with van der Waals surface area (Å²) in [6, 6.07) is 16.2. The maximum atomic E-state index is 12.0. The topological polar surface area (TPSA) is 94.8 Å². The van der Waals surface area contributed by atoms with E-state index in [9.17, 15) is 8.42 Å². The second kappa shape index (κ2) is 8.60. The molecule has 32 heavy (non-hydrogen) atoms. The number of sulfonamides is 1. The summed E-state index contributed by atoms with van der Waals surface area (Å²) in [5.41, 5.74) is 4.73. The number of imidazole rings is 1. The van der Waals surface area contributed by atoms with Gasteiger partial charge in [-0.1, -0.05) is 12.1 Å². The second-order valence-electron chi connectivity index (χ2n) is 7.06. The van der Waals surface area contributed by atoms with Crippen LogP contribution in [-0.2, 0) is 10.0 Å². The van der Waals surface area contributed by atoms with Crippen molar-refractivity contribution in [1.82, 2.24) is 19.3 Å². The number of aryl methyl sites for hydroxylation is 1. The van der Waals surface area contributed by atoms with Crippen molar-refractivity contribution in [3.8, 4) is 34.0 Å². The Morgan fingerprint density at radius 3 is 2.38 bits per heavy atom. The minimum atomic E-state index is -3.50. The van der Waals surface area contributed by atoms with E-state index < -0.39 is 10.0 Å². The molecule has 0 fully saturated rings. The standard InChI is InChI=1S/C23H24N4O4S/c1-5-31-20-12-8-17(14-21(20)30-4)19-11-13-22-25-15(2)23(27(22)26-19)16-6-9-18(10-7-16)32(28,29)24-3/h6-14,24H,5H2,1-4H3. The van der Waals surface area contributed by atoms with E-state index in [-0.39, 0.29) is 4.90 Å². The van der Waals surface area contributed by atoms with Crippen LogP contribution in [0.4, 0.5) is 0 Å². The Morgan fingerprint density at radius 1 is 1.00 bits per heavy atom. The summed E-state index contributed by atoms with van der Waals surface area (Å²) >= 11 is 0. The third kappa shape index (κ3) is 3.92. The van der Waals surface area contributed by atoms with Crippen LogP contribution in [-0.4, -0.2) is 43.8 Å². The lowest BCUT2D eigenvalue weighted by atomic mass is 10.1. The molecule has 0 amide bonds. The molecule has 2 aromatic carbocycles. The molecule has 166 valence electrons. The molecular weight excluding hydrogens is 428 g/mol. The molecule has 0 spiro atoms. The Kier molecular flexibility index (Phi) is 5.86. The van der Waals surface area contributed by atoms with Crippen LogP contribution in [0.1, 0.15) is 12.6 Å². The summed E-state index contributed by atoms with van der Waals surface area (Å²) < 4.78 is 39.2. The third-order valence-electron chi connectivity index (χ3n) is 5.12. The molecule has 1 N–H and O–H groups in total. The Labute approximate surface area is 186 Å². The van der Waals surface area contributed by atoms with Gasteiger partial charge in [-0.15, -0.1) is 0 Å². The van der Waals surface area contributed by atoms with Gasteiger partial charge in [0, 0.05) is 11.1 Å². The molecule has 4 aromatic rings. The predicted molar refractivity (Wildman–Crippen MR) is 123 cm³/mol. The number of nitrogens with one attached hydrogen (secondary N) is 1. The number of aromatic nitrogens is 3. The zero-order valence-corrected chi connectivity index (χ0v) is 19.1. The van der Waals surface area contributed by atoms with Crippen molar-refractivity contribution in [2.24, 2.45) is 0 Å². The Balaban J connectivity index is 1.80. The molecule has 4 rings (SSSR count). The summed E-state index contributed by atoms with van der Waals surface area (Å²) in [6.45, 7) is 4.38. The number of nitrogens with zero attached hydrogens (tertiary/aromatic N) is 3. The molecule has 0 unspecified atom stereocenters. The van der Waals surface area contributed by atoms with E-state index in [1.807, 2.05) is 44.2 Å². The molecule has 0 aliphatic rings. The van der Waals surface area contributed by atoms with Crippen molar-refractivity contribution >= 4 is 15.7 Å². The summed E-state index contributed by atoms with van der Waals surface area (Å²) in [5.74, 6) is 1.31. The largest absolute Gasteiger partial charge is 0.493 e. The third-order valence-corrected chi connectivity index (χ3v) is 6.55. The fourth-order valence-electron chi connectivity index (χ4n) is 3.54. The minimum absolute atomic E-state index is 0.199. The van der Waals surface area contributed by atoms with Gasteiger partial charge in [-0.2, -0.15) is 5.10 Å². The van der Waals surface area contributed by atoms with E-state index in [0.717, 1.165) is 28.2 Å². The zero-order chi connectivity index (χ0) is 22.9. The van der Waals surface area contributed by atoms with Crippen LogP contribution in [0.15, 0.2) is 59.5 Å². The van der Waals surface area contributed by atoms with Crippen molar-refractivity contribution in [3.63, 3.8) is 0 Å². The molecule has 0 saturated heterocycles. The number of benzene rings is 2. The normalized spacial score (nSPS) is 11.6. The number of ether oxygens (including phenoxy) is 2. The van der Waals surface area contributed by atoms with Crippen LogP contribution in [0.2, 0.25) is 0 Å². The molecular formula is C23H24N4O4S. The molecule has 0 bridgehead atoms. The van der Waals surface area contributed by atoms with Crippen LogP contribution in [0.5, 0.6) is 11.5 Å². The number of hydrogen-bond donors (Lipinski definition) is 1. The summed E-state index contributed by atoms with van der Waals surface area (Å²) in [5, 5.41) is 4.81. The van der Waals surface area contributed by atoms with Crippen LogP contribution >= 0.6 is 0 Å². The highest BCUT2D eigenvalue weighted by Crippen LogP contribution is 2.33. The second-order valence-corrected chi connectivity index (χ2v) is 8.95. The van der Waals surface area contributed by atoms with Gasteiger partial charge in [-0.3, -0.25) is 0 Å². The van der Waals surface area contributed by atoms with Gasteiger partial charge in [0.25, 0.3) is 0 Å². The zero-order valence-electron chi connectivity index (χ0n) is 18.3. The maximum Gasteiger partial charge on any atom is 0.240 e. The lowest BCUT2D eigenvalue weighted by Crippen LogP contribution is -2.18. The first-order valence-corrected chi connectivity index (χ1v) is 11.6. The van der Waals surface area contributed by atoms with Crippen molar-refractivity contribution < 1.29 is 17.9 Å². The van der Waals surface area contributed by atoms with Gasteiger partial charge in [0.2, 0.25) is 10.0 Å². The van der Waals surface area contributed by atoms with Gasteiger partial charge in [0.05, 0.1) is 35.7 Å². The number of fused-ring (bicyclic) bond motifs is 1. The van der Waals surface area contributed by atoms with Crippen molar-refractivity contribution in [3.05, 3.63) is 60.3 Å². The molecule has 0 saturated carbocycles. The van der Waals surface area contributed by atoms with E-state index >= 15 is 0 Å². The predicted octanol–water partition coefficient (Wildman–Crippen LogP) is 3.69. The highest BCUT2D eigenvalue weighted by molar-refractivity contribution is 7.89. The Morgan fingerprint density at radius 2 is 1.72 bits per heavy atom. The van der Waals surface area contributed by atoms with Gasteiger partial charge >= 0.3 is 0 Å². The lowest BCUT2D eigenvalue weighted by molar-refractivity contribution is 0.311. The molecule has 0 aliphatic heterocycles. The molecule has 2 aromatic heterocycles. The molecule has 0 aliphatic carbocycles. The van der Waals surface area contributed by atoms with Crippen molar-refractivity contribution in [2.45, 2.75) is 18.7 Å². The molecule has 9 heteroatoms. The fourth-order valence-corrected chi connectivity index (χ4v) is 4.27.